The van der Waals surface area contributed by atoms with Gasteiger partial charge in [-0.3, -0.25) is 4.79 Å². The van der Waals surface area contributed by atoms with Gasteiger partial charge in [0.1, 0.15) is 4.47 Å². The van der Waals surface area contributed by atoms with Crippen LogP contribution in [-0.4, -0.2) is 28.9 Å². The zero-order valence-electron chi connectivity index (χ0n) is 12.5. The highest BCUT2D eigenvalue weighted by Gasteiger charge is 2.37. The van der Waals surface area contributed by atoms with Crippen molar-refractivity contribution in [3.63, 3.8) is 0 Å². The van der Waals surface area contributed by atoms with Crippen molar-refractivity contribution >= 4 is 21.6 Å². The van der Waals surface area contributed by atoms with Crippen LogP contribution in [-0.2, 0) is 6.54 Å². The Labute approximate surface area is 133 Å². The van der Waals surface area contributed by atoms with Gasteiger partial charge in [-0.05, 0) is 53.4 Å². The minimum atomic E-state index is -0.0269. The SMILES string of the molecule is CCCn1ncc(N2C[C@H]3CCC(N)C[C@H]3C2)c(Br)c1=O. The Balaban J connectivity index is 1.82. The van der Waals surface area contributed by atoms with E-state index in [0.717, 1.165) is 44.0 Å². The maximum atomic E-state index is 12.3. The van der Waals surface area contributed by atoms with Crippen LogP contribution in [0.5, 0.6) is 0 Å². The van der Waals surface area contributed by atoms with Crippen LogP contribution in [0.25, 0.3) is 0 Å². The number of fused-ring (bicyclic) bond motifs is 1. The van der Waals surface area contributed by atoms with Crippen molar-refractivity contribution in [2.24, 2.45) is 17.6 Å². The monoisotopic (exact) mass is 354 g/mol. The fourth-order valence-corrected chi connectivity index (χ4v) is 4.27. The molecule has 0 radical (unpaired) electrons. The number of halogens is 1. The second-order valence-corrected chi connectivity index (χ2v) is 7.16. The zero-order chi connectivity index (χ0) is 15.0. The molecule has 0 spiro atoms. The highest BCUT2D eigenvalue weighted by atomic mass is 79.9. The van der Waals surface area contributed by atoms with E-state index in [4.69, 9.17) is 5.73 Å². The van der Waals surface area contributed by atoms with Gasteiger partial charge in [0.05, 0.1) is 11.9 Å². The first-order valence-corrected chi connectivity index (χ1v) is 8.65. The molecule has 0 aromatic carbocycles. The van der Waals surface area contributed by atoms with Crippen LogP contribution in [0.2, 0.25) is 0 Å². The molecule has 6 heteroatoms. The third-order valence-corrected chi connectivity index (χ3v) is 5.58. The van der Waals surface area contributed by atoms with E-state index in [1.54, 1.807) is 0 Å². The number of anilines is 1. The van der Waals surface area contributed by atoms with Gasteiger partial charge in [0.2, 0.25) is 0 Å². The normalized spacial score (nSPS) is 28.7. The van der Waals surface area contributed by atoms with Crippen LogP contribution < -0.4 is 16.2 Å². The largest absolute Gasteiger partial charge is 0.369 e. The highest BCUT2D eigenvalue weighted by Crippen LogP contribution is 2.38. The third kappa shape index (κ3) is 2.88. The molecular weight excluding hydrogens is 332 g/mol. The van der Waals surface area contributed by atoms with Gasteiger partial charge in [0.15, 0.2) is 0 Å². The summed E-state index contributed by atoms with van der Waals surface area (Å²) >= 11 is 3.48. The van der Waals surface area contributed by atoms with Crippen molar-refractivity contribution < 1.29 is 0 Å². The molecule has 21 heavy (non-hydrogen) atoms. The first-order chi connectivity index (χ1) is 10.1. The zero-order valence-corrected chi connectivity index (χ0v) is 14.1. The Morgan fingerprint density at radius 3 is 2.90 bits per heavy atom. The van der Waals surface area contributed by atoms with Gasteiger partial charge in [0.25, 0.3) is 5.56 Å². The van der Waals surface area contributed by atoms with Crippen LogP contribution in [0.4, 0.5) is 5.69 Å². The fourth-order valence-electron chi connectivity index (χ4n) is 3.71. The topological polar surface area (TPSA) is 64.2 Å². The summed E-state index contributed by atoms with van der Waals surface area (Å²) in [5.74, 6) is 1.38. The van der Waals surface area contributed by atoms with Crippen molar-refractivity contribution in [2.45, 2.75) is 45.2 Å². The number of aryl methyl sites for hydroxylation is 1. The Morgan fingerprint density at radius 1 is 1.38 bits per heavy atom. The molecule has 2 N–H and O–H groups in total. The molecule has 5 nitrogen and oxygen atoms in total. The molecule has 2 aliphatic rings. The molecule has 1 aliphatic heterocycles. The lowest BCUT2D eigenvalue weighted by Gasteiger charge is -2.27. The molecule has 2 heterocycles. The van der Waals surface area contributed by atoms with Gasteiger partial charge in [-0.1, -0.05) is 6.92 Å². The molecule has 116 valence electrons. The highest BCUT2D eigenvalue weighted by molar-refractivity contribution is 9.10. The quantitative estimate of drug-likeness (QED) is 0.901. The van der Waals surface area contributed by atoms with Crippen LogP contribution in [0, 0.1) is 11.8 Å². The Bertz CT molecular complexity index is 573. The lowest BCUT2D eigenvalue weighted by molar-refractivity contribution is 0.271. The molecule has 1 unspecified atom stereocenters. The number of rotatable bonds is 3. The van der Waals surface area contributed by atoms with Crippen LogP contribution in [0.1, 0.15) is 32.6 Å². The van der Waals surface area contributed by atoms with Crippen LogP contribution in [0.15, 0.2) is 15.5 Å². The maximum absolute atomic E-state index is 12.3. The summed E-state index contributed by atoms with van der Waals surface area (Å²) in [5.41, 5.74) is 7.00. The molecule has 3 rings (SSSR count). The van der Waals surface area contributed by atoms with E-state index in [2.05, 4.69) is 25.9 Å². The summed E-state index contributed by atoms with van der Waals surface area (Å²) in [6.07, 6.45) is 6.19. The Hall–Kier alpha value is -0.880. The molecule has 1 aromatic rings. The number of hydrogen-bond donors (Lipinski definition) is 1. The van der Waals surface area contributed by atoms with Gasteiger partial charge in [-0.15, -0.1) is 0 Å². The summed E-state index contributed by atoms with van der Waals surface area (Å²) < 4.78 is 2.18. The smallest absolute Gasteiger partial charge is 0.283 e. The minimum absolute atomic E-state index is 0.0269. The fraction of sp³-hybridized carbons (Fsp3) is 0.733. The molecule has 1 aliphatic carbocycles. The van der Waals surface area contributed by atoms with Crippen LogP contribution in [0.3, 0.4) is 0 Å². The Morgan fingerprint density at radius 2 is 2.14 bits per heavy atom. The Kier molecular flexibility index (Phi) is 4.36. The number of nitrogens with two attached hydrogens (primary N) is 1. The van der Waals surface area contributed by atoms with E-state index in [1.807, 2.05) is 13.1 Å². The van der Waals surface area contributed by atoms with Crippen molar-refractivity contribution in [1.29, 1.82) is 0 Å². The van der Waals surface area contributed by atoms with E-state index < -0.39 is 0 Å². The predicted octanol–water partition coefficient (Wildman–Crippen LogP) is 1.98. The van der Waals surface area contributed by atoms with E-state index in [9.17, 15) is 4.79 Å². The van der Waals surface area contributed by atoms with Gasteiger partial charge >= 0.3 is 0 Å². The number of hydrogen-bond acceptors (Lipinski definition) is 4. The van der Waals surface area contributed by atoms with Crippen molar-refractivity contribution in [3.8, 4) is 0 Å². The van der Waals surface area contributed by atoms with Crippen molar-refractivity contribution in [3.05, 3.63) is 21.0 Å². The minimum Gasteiger partial charge on any atom is -0.369 e. The molecule has 0 amide bonds. The predicted molar refractivity (Wildman–Crippen MR) is 87.5 cm³/mol. The molecular formula is C15H23BrN4O. The van der Waals surface area contributed by atoms with Crippen molar-refractivity contribution in [1.82, 2.24) is 9.78 Å². The molecule has 1 saturated carbocycles. The summed E-state index contributed by atoms with van der Waals surface area (Å²) in [6.45, 7) is 4.73. The lowest BCUT2D eigenvalue weighted by atomic mass is 9.79. The van der Waals surface area contributed by atoms with Crippen molar-refractivity contribution in [2.75, 3.05) is 18.0 Å². The molecule has 0 bridgehead atoms. The molecule has 2 fully saturated rings. The first-order valence-electron chi connectivity index (χ1n) is 7.86. The molecule has 3 atom stereocenters. The van der Waals surface area contributed by atoms with E-state index in [-0.39, 0.29) is 5.56 Å². The van der Waals surface area contributed by atoms with Gasteiger partial charge < -0.3 is 10.6 Å². The van der Waals surface area contributed by atoms with Gasteiger partial charge in [-0.25, -0.2) is 4.68 Å². The number of nitrogens with zero attached hydrogens (tertiary/aromatic N) is 3. The molecule has 1 aromatic heterocycles. The standard InChI is InChI=1S/C15H23BrN4O/c1-2-5-20-15(21)14(16)13(7-18-20)19-8-10-3-4-12(17)6-11(10)9-19/h7,10-12H,2-6,8-9,17H2,1H3/t10-,11+,12?/m1/s1. The second-order valence-electron chi connectivity index (χ2n) is 6.37. The number of aromatic nitrogens is 2. The average Bonchev–Trinajstić information content (AvgIpc) is 2.87. The van der Waals surface area contributed by atoms with E-state index in [1.165, 1.54) is 11.1 Å². The summed E-state index contributed by atoms with van der Waals surface area (Å²) in [5, 5.41) is 4.31. The summed E-state index contributed by atoms with van der Waals surface area (Å²) in [4.78, 5) is 14.6. The molecule has 1 saturated heterocycles. The summed E-state index contributed by atoms with van der Waals surface area (Å²) in [6, 6.07) is 0.352. The van der Waals surface area contributed by atoms with Crippen LogP contribution >= 0.6 is 15.9 Å². The lowest BCUT2D eigenvalue weighted by Crippen LogP contribution is -2.32. The maximum Gasteiger partial charge on any atom is 0.283 e. The van der Waals surface area contributed by atoms with Gasteiger partial charge in [0, 0.05) is 25.7 Å². The average molecular weight is 355 g/mol. The first kappa shape index (κ1) is 15.0. The van der Waals surface area contributed by atoms with E-state index in [0.29, 0.717) is 23.0 Å². The third-order valence-electron chi connectivity index (χ3n) is 4.83. The summed E-state index contributed by atoms with van der Waals surface area (Å²) in [7, 11) is 0. The van der Waals surface area contributed by atoms with Gasteiger partial charge in [-0.2, -0.15) is 5.10 Å². The van der Waals surface area contributed by atoms with E-state index >= 15 is 0 Å². The second kappa shape index (κ2) is 6.08.